The number of pyridine rings is 1. The van der Waals surface area contributed by atoms with Crippen molar-refractivity contribution in [2.45, 2.75) is 44.8 Å². The first-order chi connectivity index (χ1) is 17.9. The van der Waals surface area contributed by atoms with E-state index in [0.29, 0.717) is 25.2 Å². The van der Waals surface area contributed by atoms with Gasteiger partial charge in [-0.1, -0.05) is 48.5 Å². The van der Waals surface area contributed by atoms with Gasteiger partial charge in [-0.25, -0.2) is 0 Å². The first-order valence-electron chi connectivity index (χ1n) is 12.4. The molecule has 3 aromatic heterocycles. The van der Waals surface area contributed by atoms with Gasteiger partial charge in [0.2, 0.25) is 5.91 Å². The van der Waals surface area contributed by atoms with E-state index < -0.39 is 11.6 Å². The summed E-state index contributed by atoms with van der Waals surface area (Å²) in [7, 11) is 0. The van der Waals surface area contributed by atoms with Crippen molar-refractivity contribution >= 4 is 16.8 Å². The van der Waals surface area contributed by atoms with Gasteiger partial charge in [0.1, 0.15) is 5.82 Å². The second kappa shape index (κ2) is 10.4. The number of hydrogen-bond donors (Lipinski definition) is 3. The number of nitrogens with one attached hydrogen (secondary N) is 2. The molecule has 0 saturated carbocycles. The molecule has 2 aromatic carbocycles. The fourth-order valence-corrected chi connectivity index (χ4v) is 4.43. The molecule has 5 rings (SSSR count). The summed E-state index contributed by atoms with van der Waals surface area (Å²) in [4.78, 5) is 20.6. The van der Waals surface area contributed by atoms with Gasteiger partial charge in [-0.2, -0.15) is 0 Å². The maximum atomic E-state index is 13.1. The van der Waals surface area contributed by atoms with E-state index in [1.54, 1.807) is 26.2 Å². The van der Waals surface area contributed by atoms with Crippen molar-refractivity contribution in [3.8, 4) is 0 Å². The summed E-state index contributed by atoms with van der Waals surface area (Å²) in [6.07, 6.45) is 6.70. The minimum absolute atomic E-state index is 0.250. The van der Waals surface area contributed by atoms with E-state index in [4.69, 9.17) is 5.73 Å². The molecular formula is C29H31N7O. The Morgan fingerprint density at radius 2 is 1.73 bits per heavy atom. The minimum Gasteiger partial charge on any atom is -0.361 e. The van der Waals surface area contributed by atoms with Crippen LogP contribution in [0.5, 0.6) is 0 Å². The van der Waals surface area contributed by atoms with Crippen molar-refractivity contribution in [1.82, 2.24) is 30.0 Å². The van der Waals surface area contributed by atoms with Crippen molar-refractivity contribution in [2.75, 3.05) is 0 Å². The van der Waals surface area contributed by atoms with Gasteiger partial charge in [-0.15, -0.1) is 10.2 Å². The quantitative estimate of drug-likeness (QED) is 0.288. The predicted molar refractivity (Wildman–Crippen MR) is 144 cm³/mol. The highest BCUT2D eigenvalue weighted by Crippen LogP contribution is 2.26. The number of hydrogen-bond acceptors (Lipinski definition) is 5. The van der Waals surface area contributed by atoms with Crippen LogP contribution in [0.25, 0.3) is 10.9 Å². The van der Waals surface area contributed by atoms with E-state index in [0.717, 1.165) is 33.4 Å². The Morgan fingerprint density at radius 3 is 2.49 bits per heavy atom. The van der Waals surface area contributed by atoms with E-state index in [1.807, 2.05) is 54.7 Å². The number of benzene rings is 2. The van der Waals surface area contributed by atoms with Crippen molar-refractivity contribution in [3.63, 3.8) is 0 Å². The lowest BCUT2D eigenvalue weighted by atomic mass is 10.0. The fourth-order valence-electron chi connectivity index (χ4n) is 4.43. The van der Waals surface area contributed by atoms with Crippen LogP contribution in [0.15, 0.2) is 85.3 Å². The van der Waals surface area contributed by atoms with Crippen LogP contribution in [0, 0.1) is 0 Å². The summed E-state index contributed by atoms with van der Waals surface area (Å²) in [6.45, 7) is 3.96. The molecule has 0 spiro atoms. The summed E-state index contributed by atoms with van der Waals surface area (Å²) in [5.74, 6) is 1.26. The van der Waals surface area contributed by atoms with Crippen LogP contribution in [-0.4, -0.2) is 36.2 Å². The Bertz CT molecular complexity index is 1480. The summed E-state index contributed by atoms with van der Waals surface area (Å²) in [5, 5.41) is 13.5. The van der Waals surface area contributed by atoms with Crippen molar-refractivity contribution in [3.05, 3.63) is 114 Å². The van der Waals surface area contributed by atoms with Crippen molar-refractivity contribution in [2.24, 2.45) is 5.73 Å². The third-order valence-electron chi connectivity index (χ3n) is 6.45. The SMILES string of the molecule is CC(C)(N)C(=O)N[C@H](Cc1c[nH]c2ccccc12)c1nnc(Cc2ccccc2)n1Cc1ccncc1. The largest absolute Gasteiger partial charge is 0.361 e. The number of para-hydroxylation sites is 1. The number of aromatic amines is 1. The number of fused-ring (bicyclic) bond motifs is 1. The van der Waals surface area contributed by atoms with Gasteiger partial charge >= 0.3 is 0 Å². The monoisotopic (exact) mass is 493 g/mol. The smallest absolute Gasteiger partial charge is 0.240 e. The number of carbonyl (C=O) groups is 1. The van der Waals surface area contributed by atoms with Crippen LogP contribution in [0.3, 0.4) is 0 Å². The third kappa shape index (κ3) is 5.59. The maximum absolute atomic E-state index is 13.1. The Kier molecular flexibility index (Phi) is 6.83. The van der Waals surface area contributed by atoms with E-state index in [2.05, 4.69) is 48.2 Å². The molecule has 1 atom stereocenters. The van der Waals surface area contributed by atoms with Gasteiger partial charge < -0.3 is 20.6 Å². The average Bonchev–Trinajstić information content (AvgIpc) is 3.48. The van der Waals surface area contributed by atoms with E-state index in [1.165, 1.54) is 0 Å². The Labute approximate surface area is 216 Å². The first kappa shape index (κ1) is 24.4. The first-order valence-corrected chi connectivity index (χ1v) is 12.4. The predicted octanol–water partition coefficient (Wildman–Crippen LogP) is 3.93. The molecule has 0 aliphatic heterocycles. The molecule has 0 bridgehead atoms. The fraction of sp³-hybridized carbons (Fsp3) is 0.241. The second-order valence-corrected chi connectivity index (χ2v) is 9.89. The summed E-state index contributed by atoms with van der Waals surface area (Å²) < 4.78 is 2.10. The van der Waals surface area contributed by atoms with Crippen LogP contribution in [0.2, 0.25) is 0 Å². The van der Waals surface area contributed by atoms with Gasteiger partial charge in [0.15, 0.2) is 5.82 Å². The van der Waals surface area contributed by atoms with E-state index >= 15 is 0 Å². The molecule has 0 aliphatic rings. The molecule has 188 valence electrons. The summed E-state index contributed by atoms with van der Waals surface area (Å²) >= 11 is 0. The lowest BCUT2D eigenvalue weighted by molar-refractivity contribution is -0.126. The van der Waals surface area contributed by atoms with Crippen molar-refractivity contribution < 1.29 is 4.79 Å². The molecule has 3 heterocycles. The Morgan fingerprint density at radius 1 is 1.00 bits per heavy atom. The van der Waals surface area contributed by atoms with Crippen LogP contribution >= 0.6 is 0 Å². The number of amides is 1. The van der Waals surface area contributed by atoms with E-state index in [9.17, 15) is 4.79 Å². The molecule has 0 unspecified atom stereocenters. The van der Waals surface area contributed by atoms with E-state index in [-0.39, 0.29) is 5.91 Å². The lowest BCUT2D eigenvalue weighted by Gasteiger charge is -2.25. The molecule has 8 nitrogen and oxygen atoms in total. The topological polar surface area (TPSA) is 115 Å². The Balaban J connectivity index is 1.57. The molecule has 0 aliphatic carbocycles. The van der Waals surface area contributed by atoms with Crippen molar-refractivity contribution in [1.29, 1.82) is 0 Å². The molecule has 4 N–H and O–H groups in total. The van der Waals surface area contributed by atoms with Crippen LogP contribution in [-0.2, 0) is 24.2 Å². The molecule has 8 heteroatoms. The number of nitrogens with two attached hydrogens (primary N) is 1. The maximum Gasteiger partial charge on any atom is 0.240 e. The minimum atomic E-state index is -1.04. The molecule has 1 amide bonds. The molecule has 5 aromatic rings. The van der Waals surface area contributed by atoms with Gasteiger partial charge in [0.05, 0.1) is 18.1 Å². The summed E-state index contributed by atoms with van der Waals surface area (Å²) in [6, 6.07) is 21.8. The number of carbonyl (C=O) groups excluding carboxylic acids is 1. The lowest BCUT2D eigenvalue weighted by Crippen LogP contribution is -2.50. The summed E-state index contributed by atoms with van der Waals surface area (Å²) in [5.41, 5.74) is 9.47. The molecule has 0 saturated heterocycles. The standard InChI is InChI=1S/C29H31N7O/c1-29(2,30)28(37)33-25(17-22-18-32-24-11-7-6-10-23(22)24)27-35-34-26(16-20-8-4-3-5-9-20)36(27)19-21-12-14-31-15-13-21/h3-15,18,25,32H,16-17,19,30H2,1-2H3,(H,33,37)/t25-/m1/s1. The highest BCUT2D eigenvalue weighted by atomic mass is 16.2. The van der Waals surface area contributed by atoms with Gasteiger partial charge in [-0.05, 0) is 48.7 Å². The zero-order valence-corrected chi connectivity index (χ0v) is 21.1. The number of rotatable bonds is 9. The second-order valence-electron chi connectivity index (χ2n) is 9.89. The molecule has 0 radical (unpaired) electrons. The zero-order valence-electron chi connectivity index (χ0n) is 21.1. The van der Waals surface area contributed by atoms with Gasteiger partial charge in [0.25, 0.3) is 0 Å². The molecular weight excluding hydrogens is 462 g/mol. The third-order valence-corrected chi connectivity index (χ3v) is 6.45. The number of H-pyrrole nitrogens is 1. The number of nitrogens with zero attached hydrogens (tertiary/aromatic N) is 4. The van der Waals surface area contributed by atoms with Crippen LogP contribution < -0.4 is 11.1 Å². The zero-order chi connectivity index (χ0) is 25.8. The van der Waals surface area contributed by atoms with Crippen LogP contribution in [0.4, 0.5) is 0 Å². The van der Waals surface area contributed by atoms with Gasteiger partial charge in [0, 0.05) is 42.3 Å². The molecule has 0 fully saturated rings. The Hall–Kier alpha value is -4.30. The van der Waals surface area contributed by atoms with Crippen LogP contribution in [0.1, 0.15) is 48.2 Å². The highest BCUT2D eigenvalue weighted by molar-refractivity contribution is 5.86. The van der Waals surface area contributed by atoms with Gasteiger partial charge in [-0.3, -0.25) is 9.78 Å². The average molecular weight is 494 g/mol. The molecule has 37 heavy (non-hydrogen) atoms. The highest BCUT2D eigenvalue weighted by Gasteiger charge is 2.29. The number of aromatic nitrogens is 5. The normalized spacial score (nSPS) is 12.5.